The van der Waals surface area contributed by atoms with E-state index in [9.17, 15) is 13.2 Å². The van der Waals surface area contributed by atoms with Crippen molar-refractivity contribution in [1.82, 2.24) is 0 Å². The van der Waals surface area contributed by atoms with Gasteiger partial charge in [-0.3, -0.25) is 4.79 Å². The first-order chi connectivity index (χ1) is 8.72. The highest BCUT2D eigenvalue weighted by atomic mass is 79.9. The average Bonchev–Trinajstić information content (AvgIpc) is 2.23. The molecular formula is C12H14BrNO4S. The van der Waals surface area contributed by atoms with Crippen LogP contribution < -0.4 is 4.90 Å². The van der Waals surface area contributed by atoms with Crippen LogP contribution in [0.2, 0.25) is 0 Å². The number of halogens is 1. The van der Waals surface area contributed by atoms with Gasteiger partial charge in [0.25, 0.3) is 0 Å². The van der Waals surface area contributed by atoms with Gasteiger partial charge in [0, 0.05) is 11.5 Å². The lowest BCUT2D eigenvalue weighted by molar-refractivity contribution is -0.137. The van der Waals surface area contributed by atoms with E-state index < -0.39 is 21.8 Å². The van der Waals surface area contributed by atoms with Crippen molar-refractivity contribution in [3.05, 3.63) is 22.2 Å². The Morgan fingerprint density at radius 1 is 1.53 bits per heavy atom. The Morgan fingerprint density at radius 3 is 2.74 bits per heavy atom. The summed E-state index contributed by atoms with van der Waals surface area (Å²) in [5.74, 6) is -1.17. The van der Waals surface area contributed by atoms with E-state index >= 15 is 0 Å². The Balaban J connectivity index is 2.60. The molecule has 1 aromatic rings. The van der Waals surface area contributed by atoms with Gasteiger partial charge in [-0.25, -0.2) is 8.42 Å². The maximum atomic E-state index is 12.3. The zero-order valence-electron chi connectivity index (χ0n) is 10.6. The number of hydrogen-bond donors (Lipinski definition) is 1. The van der Waals surface area contributed by atoms with E-state index in [1.54, 1.807) is 18.0 Å². The lowest BCUT2D eigenvalue weighted by atomic mass is 10.1. The number of rotatable bonds is 2. The summed E-state index contributed by atoms with van der Waals surface area (Å²) in [6, 6.07) is 2.91. The summed E-state index contributed by atoms with van der Waals surface area (Å²) in [6.07, 6.45) is -0.199. The number of sulfone groups is 1. The van der Waals surface area contributed by atoms with Crippen molar-refractivity contribution in [3.8, 4) is 0 Å². The van der Waals surface area contributed by atoms with Crippen molar-refractivity contribution in [3.63, 3.8) is 0 Å². The standard InChI is InChI=1S/C12H14BrNO4S/c1-7-3-9(13)12-10(4-7)19(17,18)6-8(14(12)2)5-11(15)16/h3-4,8H,5-6H2,1-2H3,(H,15,16). The fourth-order valence-electron chi connectivity index (χ4n) is 2.32. The molecule has 2 rings (SSSR count). The summed E-state index contributed by atoms with van der Waals surface area (Å²) >= 11 is 3.37. The Morgan fingerprint density at radius 2 is 2.16 bits per heavy atom. The molecule has 104 valence electrons. The first kappa shape index (κ1) is 14.3. The molecule has 1 atom stereocenters. The number of benzene rings is 1. The van der Waals surface area contributed by atoms with Gasteiger partial charge in [-0.2, -0.15) is 0 Å². The number of aryl methyl sites for hydroxylation is 1. The third kappa shape index (κ3) is 2.62. The maximum absolute atomic E-state index is 12.3. The summed E-state index contributed by atoms with van der Waals surface area (Å²) in [4.78, 5) is 12.8. The summed E-state index contributed by atoms with van der Waals surface area (Å²) < 4.78 is 25.2. The first-order valence-corrected chi connectivity index (χ1v) is 8.14. The highest BCUT2D eigenvalue weighted by molar-refractivity contribution is 9.10. The Bertz CT molecular complexity index is 641. The Kier molecular flexibility index (Phi) is 3.61. The third-order valence-corrected chi connectivity index (χ3v) is 5.64. The molecule has 0 aromatic heterocycles. The van der Waals surface area contributed by atoms with Crippen molar-refractivity contribution < 1.29 is 18.3 Å². The van der Waals surface area contributed by atoms with Crippen molar-refractivity contribution in [2.75, 3.05) is 17.7 Å². The molecule has 19 heavy (non-hydrogen) atoms. The molecule has 0 radical (unpaired) electrons. The number of carboxylic acids is 1. The van der Waals surface area contributed by atoms with Gasteiger partial charge in [-0.1, -0.05) is 0 Å². The number of carboxylic acid groups (broad SMARTS) is 1. The summed E-state index contributed by atoms with van der Waals surface area (Å²) in [5.41, 5.74) is 1.39. The molecule has 0 aliphatic carbocycles. The number of carbonyl (C=O) groups is 1. The molecule has 0 saturated heterocycles. The number of hydrogen-bond acceptors (Lipinski definition) is 4. The van der Waals surface area contributed by atoms with E-state index in [0.717, 1.165) is 5.56 Å². The monoisotopic (exact) mass is 347 g/mol. The van der Waals surface area contributed by atoms with E-state index in [-0.39, 0.29) is 17.1 Å². The molecular weight excluding hydrogens is 334 g/mol. The molecule has 1 heterocycles. The quantitative estimate of drug-likeness (QED) is 0.883. The van der Waals surface area contributed by atoms with Crippen LogP contribution in [0.1, 0.15) is 12.0 Å². The van der Waals surface area contributed by atoms with Gasteiger partial charge < -0.3 is 10.0 Å². The fourth-order valence-corrected chi connectivity index (χ4v) is 5.24. The van der Waals surface area contributed by atoms with Crippen LogP contribution in [0.5, 0.6) is 0 Å². The normalized spacial score (nSPS) is 21.0. The van der Waals surface area contributed by atoms with E-state index in [1.807, 2.05) is 13.0 Å². The molecule has 7 heteroatoms. The van der Waals surface area contributed by atoms with Crippen molar-refractivity contribution >= 4 is 37.4 Å². The summed E-state index contributed by atoms with van der Waals surface area (Å²) in [5, 5.41) is 8.88. The molecule has 0 spiro atoms. The SMILES string of the molecule is Cc1cc(Br)c2c(c1)S(=O)(=O)CC(CC(=O)O)N2C. The highest BCUT2D eigenvalue weighted by Crippen LogP contribution is 2.39. The second-order valence-electron chi connectivity index (χ2n) is 4.74. The second-order valence-corrected chi connectivity index (χ2v) is 7.59. The summed E-state index contributed by atoms with van der Waals surface area (Å²) in [7, 11) is -1.73. The molecule has 1 aliphatic rings. The van der Waals surface area contributed by atoms with Crippen LogP contribution in [0, 0.1) is 6.92 Å². The van der Waals surface area contributed by atoms with Gasteiger partial charge in [0.05, 0.1) is 28.8 Å². The van der Waals surface area contributed by atoms with Crippen LogP contribution >= 0.6 is 15.9 Å². The molecule has 0 saturated carbocycles. The predicted octanol–water partition coefficient (Wildman–Crippen LogP) is 1.82. The predicted molar refractivity (Wildman–Crippen MR) is 75.4 cm³/mol. The minimum absolute atomic E-state index is 0.168. The molecule has 0 bridgehead atoms. The van der Waals surface area contributed by atoms with Gasteiger partial charge in [-0.05, 0) is 40.5 Å². The van der Waals surface area contributed by atoms with Crippen LogP contribution in [-0.2, 0) is 14.6 Å². The molecule has 1 aromatic carbocycles. The average molecular weight is 348 g/mol. The zero-order valence-corrected chi connectivity index (χ0v) is 13.0. The highest BCUT2D eigenvalue weighted by Gasteiger charge is 2.36. The van der Waals surface area contributed by atoms with E-state index in [2.05, 4.69) is 15.9 Å². The molecule has 0 amide bonds. The lowest BCUT2D eigenvalue weighted by Gasteiger charge is -2.35. The van der Waals surface area contributed by atoms with Crippen LogP contribution in [0.3, 0.4) is 0 Å². The van der Waals surface area contributed by atoms with Gasteiger partial charge >= 0.3 is 5.97 Å². The van der Waals surface area contributed by atoms with Gasteiger partial charge in [0.15, 0.2) is 9.84 Å². The Labute approximate surface area is 120 Å². The lowest BCUT2D eigenvalue weighted by Crippen LogP contribution is -2.43. The molecule has 5 nitrogen and oxygen atoms in total. The zero-order chi connectivity index (χ0) is 14.4. The van der Waals surface area contributed by atoms with Gasteiger partial charge in [-0.15, -0.1) is 0 Å². The maximum Gasteiger partial charge on any atom is 0.305 e. The second kappa shape index (κ2) is 4.79. The minimum atomic E-state index is -3.45. The summed E-state index contributed by atoms with van der Waals surface area (Å²) in [6.45, 7) is 1.82. The smallest absolute Gasteiger partial charge is 0.305 e. The number of fused-ring (bicyclic) bond motifs is 1. The number of aliphatic carboxylic acids is 1. The molecule has 1 aliphatic heterocycles. The van der Waals surface area contributed by atoms with Crippen molar-refractivity contribution in [1.29, 1.82) is 0 Å². The third-order valence-electron chi connectivity index (χ3n) is 3.23. The van der Waals surface area contributed by atoms with E-state index in [1.165, 1.54) is 0 Å². The van der Waals surface area contributed by atoms with Crippen LogP contribution in [-0.4, -0.2) is 38.3 Å². The number of anilines is 1. The van der Waals surface area contributed by atoms with Crippen LogP contribution in [0.15, 0.2) is 21.5 Å². The van der Waals surface area contributed by atoms with E-state index in [4.69, 9.17) is 5.11 Å². The molecule has 1 unspecified atom stereocenters. The Hall–Kier alpha value is -1.08. The van der Waals surface area contributed by atoms with E-state index in [0.29, 0.717) is 10.2 Å². The number of nitrogens with zero attached hydrogens (tertiary/aromatic N) is 1. The first-order valence-electron chi connectivity index (χ1n) is 5.70. The fraction of sp³-hybridized carbons (Fsp3) is 0.417. The largest absolute Gasteiger partial charge is 0.481 e. The minimum Gasteiger partial charge on any atom is -0.481 e. The van der Waals surface area contributed by atoms with Crippen LogP contribution in [0.25, 0.3) is 0 Å². The van der Waals surface area contributed by atoms with Crippen LogP contribution in [0.4, 0.5) is 5.69 Å². The molecule has 0 fully saturated rings. The van der Waals surface area contributed by atoms with Crippen molar-refractivity contribution in [2.24, 2.45) is 0 Å². The van der Waals surface area contributed by atoms with Gasteiger partial charge in [0.2, 0.25) is 0 Å². The van der Waals surface area contributed by atoms with Crippen molar-refractivity contribution in [2.45, 2.75) is 24.3 Å². The topological polar surface area (TPSA) is 74.7 Å². The van der Waals surface area contributed by atoms with Gasteiger partial charge in [0.1, 0.15) is 0 Å². The molecule has 1 N–H and O–H groups in total.